The summed E-state index contributed by atoms with van der Waals surface area (Å²) in [5, 5.41) is 5.66. The largest absolute Gasteiger partial charge is 0.399 e. The van der Waals surface area contributed by atoms with E-state index >= 15 is 0 Å². The molecule has 0 aliphatic rings. The predicted octanol–water partition coefficient (Wildman–Crippen LogP) is 2.82. The maximum atomic E-state index is 13.3. The number of nitrogens with two attached hydrogens (primary N) is 1. The molecule has 0 atom stereocenters. The zero-order valence-electron chi connectivity index (χ0n) is 11.3. The summed E-state index contributed by atoms with van der Waals surface area (Å²) in [5.41, 5.74) is 8.56. The first kappa shape index (κ1) is 13.9. The van der Waals surface area contributed by atoms with Gasteiger partial charge in [0, 0.05) is 18.4 Å². The summed E-state index contributed by atoms with van der Waals surface area (Å²) in [6.45, 7) is 1.68. The van der Waals surface area contributed by atoms with Crippen LogP contribution in [0.2, 0.25) is 0 Å². The Morgan fingerprint density at radius 1 is 1.20 bits per heavy atom. The molecule has 0 unspecified atom stereocenters. The highest BCUT2D eigenvalue weighted by Crippen LogP contribution is 2.24. The summed E-state index contributed by atoms with van der Waals surface area (Å²) in [5.74, 6) is -0.485. The van der Waals surface area contributed by atoms with Gasteiger partial charge in [0.15, 0.2) is 0 Å². The zero-order valence-corrected chi connectivity index (χ0v) is 11.3. The molecule has 20 heavy (non-hydrogen) atoms. The first-order valence-corrected chi connectivity index (χ1v) is 6.16. The van der Waals surface area contributed by atoms with Gasteiger partial charge < -0.3 is 16.4 Å². The van der Waals surface area contributed by atoms with Crippen LogP contribution < -0.4 is 16.4 Å². The van der Waals surface area contributed by atoms with Crippen LogP contribution in [0.5, 0.6) is 0 Å². The van der Waals surface area contributed by atoms with Crippen molar-refractivity contribution in [2.24, 2.45) is 0 Å². The molecule has 104 valence electrons. The fourth-order valence-corrected chi connectivity index (χ4v) is 1.88. The number of nitrogen functional groups attached to an aromatic ring is 1. The first-order valence-electron chi connectivity index (χ1n) is 6.16. The van der Waals surface area contributed by atoms with Crippen LogP contribution >= 0.6 is 0 Å². The van der Waals surface area contributed by atoms with Crippen molar-refractivity contribution in [1.82, 2.24) is 5.32 Å². The Labute approximate surface area is 116 Å². The minimum absolute atomic E-state index is 0.216. The van der Waals surface area contributed by atoms with Crippen LogP contribution in [0.15, 0.2) is 36.4 Å². The molecule has 2 rings (SSSR count). The van der Waals surface area contributed by atoms with Crippen molar-refractivity contribution in [2.75, 3.05) is 18.1 Å². The van der Waals surface area contributed by atoms with E-state index in [0.717, 1.165) is 0 Å². The lowest BCUT2D eigenvalue weighted by atomic mass is 10.1. The molecule has 1 amide bonds. The number of hydrogen-bond acceptors (Lipinski definition) is 3. The second kappa shape index (κ2) is 5.61. The van der Waals surface area contributed by atoms with Gasteiger partial charge in [-0.2, -0.15) is 0 Å². The number of carbonyl (C=O) groups is 1. The van der Waals surface area contributed by atoms with Crippen LogP contribution in [0, 0.1) is 12.7 Å². The summed E-state index contributed by atoms with van der Waals surface area (Å²) in [7, 11) is 1.56. The molecule has 0 saturated heterocycles. The topological polar surface area (TPSA) is 67.2 Å². The van der Waals surface area contributed by atoms with Crippen LogP contribution in [-0.4, -0.2) is 13.0 Å². The van der Waals surface area contributed by atoms with E-state index in [4.69, 9.17) is 5.73 Å². The van der Waals surface area contributed by atoms with Gasteiger partial charge in [-0.15, -0.1) is 0 Å². The van der Waals surface area contributed by atoms with Gasteiger partial charge in [0.1, 0.15) is 5.82 Å². The monoisotopic (exact) mass is 273 g/mol. The summed E-state index contributed by atoms with van der Waals surface area (Å²) in [6, 6.07) is 9.64. The van der Waals surface area contributed by atoms with Crippen molar-refractivity contribution in [3.8, 4) is 0 Å². The summed E-state index contributed by atoms with van der Waals surface area (Å²) >= 11 is 0. The minimum Gasteiger partial charge on any atom is -0.399 e. The van der Waals surface area contributed by atoms with Crippen LogP contribution in [0.25, 0.3) is 0 Å². The zero-order chi connectivity index (χ0) is 14.7. The van der Waals surface area contributed by atoms with E-state index in [2.05, 4.69) is 10.6 Å². The van der Waals surface area contributed by atoms with E-state index in [0.29, 0.717) is 28.2 Å². The molecule has 0 heterocycles. The smallest absolute Gasteiger partial charge is 0.253 e. The Morgan fingerprint density at radius 2 is 1.95 bits per heavy atom. The molecule has 0 bridgehead atoms. The maximum absolute atomic E-state index is 13.3. The molecule has 0 aliphatic carbocycles. The Kier molecular flexibility index (Phi) is 3.89. The number of nitrogens with one attached hydrogen (secondary N) is 2. The van der Waals surface area contributed by atoms with E-state index in [-0.39, 0.29) is 11.7 Å². The highest BCUT2D eigenvalue weighted by Gasteiger charge is 2.11. The average molecular weight is 273 g/mol. The first-order chi connectivity index (χ1) is 9.51. The van der Waals surface area contributed by atoms with E-state index in [1.165, 1.54) is 6.07 Å². The van der Waals surface area contributed by atoms with E-state index in [1.807, 2.05) is 0 Å². The van der Waals surface area contributed by atoms with Crippen LogP contribution in [0.4, 0.5) is 21.5 Å². The van der Waals surface area contributed by atoms with E-state index in [9.17, 15) is 9.18 Å². The maximum Gasteiger partial charge on any atom is 0.253 e. The number of halogens is 1. The van der Waals surface area contributed by atoms with Crippen molar-refractivity contribution in [3.05, 3.63) is 53.3 Å². The molecule has 2 aromatic rings. The van der Waals surface area contributed by atoms with Gasteiger partial charge in [0.05, 0.1) is 11.3 Å². The van der Waals surface area contributed by atoms with Crippen molar-refractivity contribution in [3.63, 3.8) is 0 Å². The van der Waals surface area contributed by atoms with Gasteiger partial charge in [-0.1, -0.05) is 0 Å². The van der Waals surface area contributed by atoms with Crippen molar-refractivity contribution in [2.45, 2.75) is 6.92 Å². The molecule has 0 aromatic heterocycles. The molecular weight excluding hydrogens is 257 g/mol. The van der Waals surface area contributed by atoms with Crippen molar-refractivity contribution >= 4 is 23.0 Å². The van der Waals surface area contributed by atoms with Gasteiger partial charge in [0.2, 0.25) is 0 Å². The molecule has 0 saturated carbocycles. The normalized spacial score (nSPS) is 10.2. The molecule has 4 N–H and O–H groups in total. The lowest BCUT2D eigenvalue weighted by Crippen LogP contribution is -2.19. The second-order valence-electron chi connectivity index (χ2n) is 4.47. The van der Waals surface area contributed by atoms with Crippen molar-refractivity contribution < 1.29 is 9.18 Å². The van der Waals surface area contributed by atoms with E-state index in [1.54, 1.807) is 44.3 Å². The molecule has 0 aliphatic heterocycles. The molecule has 0 spiro atoms. The summed E-state index contributed by atoms with van der Waals surface area (Å²) in [6.07, 6.45) is 0. The average Bonchev–Trinajstić information content (AvgIpc) is 2.42. The number of rotatable bonds is 3. The Bertz CT molecular complexity index is 656. The molecule has 2 aromatic carbocycles. The number of benzene rings is 2. The van der Waals surface area contributed by atoms with E-state index < -0.39 is 0 Å². The van der Waals surface area contributed by atoms with Gasteiger partial charge in [0.25, 0.3) is 5.91 Å². The predicted molar refractivity (Wildman–Crippen MR) is 78.7 cm³/mol. The lowest BCUT2D eigenvalue weighted by molar-refractivity contribution is 0.0964. The molecule has 4 nitrogen and oxygen atoms in total. The third-order valence-corrected chi connectivity index (χ3v) is 2.95. The molecule has 0 fully saturated rings. The minimum atomic E-state index is -0.269. The highest BCUT2D eigenvalue weighted by atomic mass is 19.1. The summed E-state index contributed by atoms with van der Waals surface area (Å²) < 4.78 is 13.3. The number of aryl methyl sites for hydroxylation is 1. The van der Waals surface area contributed by atoms with Crippen LogP contribution in [0.1, 0.15) is 15.9 Å². The quantitative estimate of drug-likeness (QED) is 0.753. The van der Waals surface area contributed by atoms with Crippen LogP contribution in [-0.2, 0) is 0 Å². The van der Waals surface area contributed by atoms with Crippen LogP contribution in [0.3, 0.4) is 0 Å². The fraction of sp³-hybridized carbons (Fsp3) is 0.133. The Hall–Kier alpha value is -2.56. The molecular formula is C15H16FN3O. The number of anilines is 3. The third kappa shape index (κ3) is 2.88. The number of amides is 1. The molecule has 5 heteroatoms. The third-order valence-electron chi connectivity index (χ3n) is 2.95. The Balaban J connectivity index is 2.38. The van der Waals surface area contributed by atoms with Gasteiger partial charge in [-0.25, -0.2) is 4.39 Å². The lowest BCUT2D eigenvalue weighted by Gasteiger charge is -2.12. The van der Waals surface area contributed by atoms with Gasteiger partial charge in [-0.05, 0) is 48.9 Å². The standard InChI is InChI=1S/C15H16FN3O/c1-9-7-11(4-6-13(9)16)19-14-8-10(17)3-5-12(14)15(20)18-2/h3-8,19H,17H2,1-2H3,(H,18,20). The Morgan fingerprint density at radius 3 is 2.60 bits per heavy atom. The molecule has 0 radical (unpaired) electrons. The fourth-order valence-electron chi connectivity index (χ4n) is 1.88. The number of hydrogen-bond donors (Lipinski definition) is 3. The SMILES string of the molecule is CNC(=O)c1ccc(N)cc1Nc1ccc(F)c(C)c1. The van der Waals surface area contributed by atoms with Gasteiger partial charge >= 0.3 is 0 Å². The summed E-state index contributed by atoms with van der Waals surface area (Å²) in [4.78, 5) is 11.8. The highest BCUT2D eigenvalue weighted by molar-refractivity contribution is 6.00. The van der Waals surface area contributed by atoms with Gasteiger partial charge in [-0.3, -0.25) is 4.79 Å². The second-order valence-corrected chi connectivity index (χ2v) is 4.47. The van der Waals surface area contributed by atoms with Crippen molar-refractivity contribution in [1.29, 1.82) is 0 Å². The number of carbonyl (C=O) groups excluding carboxylic acids is 1.